The van der Waals surface area contributed by atoms with Gasteiger partial charge in [-0.05, 0) is 55.4 Å². The second-order valence-corrected chi connectivity index (χ2v) is 13.6. The average molecular weight is 671 g/mol. The van der Waals surface area contributed by atoms with Crippen LogP contribution in [-0.4, -0.2) is 68.1 Å². The molecule has 0 aliphatic rings. The number of rotatable bonds is 17. The van der Waals surface area contributed by atoms with Crippen molar-refractivity contribution in [2.45, 2.75) is 69.1 Å². The molecule has 0 heterocycles. The SMILES string of the molecule is COC(=O)N[C@H](C(=O)NCC(F)CC[C@@H](C)N(CCC(C)C)S(=O)(=O)c1ccc([N+](=O)[O-])cc1)C(c1ccccc1)c1ccccc1. The maximum absolute atomic E-state index is 15.3. The lowest BCUT2D eigenvalue weighted by molar-refractivity contribution is -0.384. The Morgan fingerprint density at radius 2 is 1.45 bits per heavy atom. The first-order valence-electron chi connectivity index (χ1n) is 15.5. The van der Waals surface area contributed by atoms with Crippen molar-refractivity contribution in [2.75, 3.05) is 20.2 Å². The van der Waals surface area contributed by atoms with Crippen molar-refractivity contribution in [1.29, 1.82) is 0 Å². The Kier molecular flexibility index (Phi) is 13.8. The number of alkyl halides is 1. The minimum absolute atomic E-state index is 0.0503. The zero-order valence-corrected chi connectivity index (χ0v) is 27.9. The second kappa shape index (κ2) is 17.5. The Hall–Kier alpha value is -4.36. The zero-order chi connectivity index (χ0) is 34.6. The molecule has 3 rings (SSSR count). The fraction of sp³-hybridized carbons (Fsp3) is 0.412. The van der Waals surface area contributed by atoms with E-state index in [0.717, 1.165) is 23.3 Å². The van der Waals surface area contributed by atoms with Crippen LogP contribution in [0.3, 0.4) is 0 Å². The van der Waals surface area contributed by atoms with Crippen LogP contribution in [0.4, 0.5) is 14.9 Å². The Balaban J connectivity index is 1.73. The van der Waals surface area contributed by atoms with Crippen molar-refractivity contribution in [1.82, 2.24) is 14.9 Å². The lowest BCUT2D eigenvalue weighted by Crippen LogP contribution is -2.51. The molecule has 1 unspecified atom stereocenters. The number of hydrogen-bond acceptors (Lipinski definition) is 7. The number of ether oxygens (including phenoxy) is 1. The highest BCUT2D eigenvalue weighted by Gasteiger charge is 2.34. The highest BCUT2D eigenvalue weighted by Crippen LogP contribution is 2.29. The number of nitrogens with one attached hydrogen (secondary N) is 2. The van der Waals surface area contributed by atoms with Crippen LogP contribution in [0.1, 0.15) is 57.1 Å². The number of nitrogens with zero attached hydrogens (tertiary/aromatic N) is 2. The van der Waals surface area contributed by atoms with Crippen LogP contribution in [0, 0.1) is 16.0 Å². The Morgan fingerprint density at radius 3 is 1.94 bits per heavy atom. The van der Waals surface area contributed by atoms with Crippen LogP contribution in [0.5, 0.6) is 0 Å². The third-order valence-electron chi connectivity index (χ3n) is 7.86. The van der Waals surface area contributed by atoms with E-state index in [9.17, 15) is 28.1 Å². The van der Waals surface area contributed by atoms with Gasteiger partial charge in [0.2, 0.25) is 15.9 Å². The van der Waals surface area contributed by atoms with Gasteiger partial charge >= 0.3 is 6.09 Å². The summed E-state index contributed by atoms with van der Waals surface area (Å²) in [5, 5.41) is 16.3. The second-order valence-electron chi connectivity index (χ2n) is 11.7. The molecule has 0 aliphatic carbocycles. The molecule has 11 nitrogen and oxygen atoms in total. The topological polar surface area (TPSA) is 148 Å². The summed E-state index contributed by atoms with van der Waals surface area (Å²) >= 11 is 0. The van der Waals surface area contributed by atoms with Gasteiger partial charge in [0.1, 0.15) is 12.2 Å². The van der Waals surface area contributed by atoms with Gasteiger partial charge in [0.15, 0.2) is 0 Å². The summed E-state index contributed by atoms with van der Waals surface area (Å²) in [4.78, 5) is 36.2. The van der Waals surface area contributed by atoms with Crippen molar-refractivity contribution < 1.29 is 32.1 Å². The maximum Gasteiger partial charge on any atom is 0.407 e. The summed E-state index contributed by atoms with van der Waals surface area (Å²) in [6, 6.07) is 21.3. The number of carbonyl (C=O) groups excluding carboxylic acids is 2. The number of nitro groups is 1. The number of methoxy groups -OCH3 is 1. The van der Waals surface area contributed by atoms with E-state index in [2.05, 4.69) is 10.6 Å². The highest BCUT2D eigenvalue weighted by atomic mass is 32.2. The van der Waals surface area contributed by atoms with E-state index in [1.54, 1.807) is 6.92 Å². The van der Waals surface area contributed by atoms with E-state index in [0.29, 0.717) is 6.42 Å². The first-order valence-corrected chi connectivity index (χ1v) is 16.9. The van der Waals surface area contributed by atoms with Crippen LogP contribution in [0.25, 0.3) is 0 Å². The Bertz CT molecular complexity index is 1520. The number of alkyl carbamates (subject to hydrolysis) is 1. The minimum Gasteiger partial charge on any atom is -0.453 e. The van der Waals surface area contributed by atoms with E-state index < -0.39 is 51.1 Å². The van der Waals surface area contributed by atoms with Crippen LogP contribution >= 0.6 is 0 Å². The number of halogens is 1. The molecule has 0 saturated heterocycles. The molecule has 0 fully saturated rings. The normalized spacial score (nSPS) is 13.6. The predicted molar refractivity (Wildman–Crippen MR) is 177 cm³/mol. The van der Waals surface area contributed by atoms with E-state index in [-0.39, 0.29) is 42.4 Å². The molecule has 47 heavy (non-hydrogen) atoms. The molecule has 0 aromatic heterocycles. The van der Waals surface area contributed by atoms with Gasteiger partial charge in [-0.15, -0.1) is 0 Å². The van der Waals surface area contributed by atoms with Crippen LogP contribution in [0.2, 0.25) is 0 Å². The molecule has 0 aliphatic heterocycles. The molecule has 3 aromatic carbocycles. The smallest absolute Gasteiger partial charge is 0.407 e. The molecule has 3 aromatic rings. The standard InChI is InChI=1S/C34H43FN4O7S/c1-24(2)21-22-38(47(44,45)30-19-17-29(18-20-30)39(42)43)25(3)15-16-28(35)23-36-33(40)32(37-34(41)46-4)31(26-11-7-5-8-12-26)27-13-9-6-10-14-27/h5-14,17-20,24-25,28,31-32H,15-16,21-23H2,1-4H3,(H,36,40)(H,37,41)/t25-,28?,32+/m1/s1. The molecule has 0 radical (unpaired) electrons. The fourth-order valence-electron chi connectivity index (χ4n) is 5.21. The van der Waals surface area contributed by atoms with Gasteiger partial charge in [-0.2, -0.15) is 4.31 Å². The summed E-state index contributed by atoms with van der Waals surface area (Å²) in [6.45, 7) is 5.44. The summed E-state index contributed by atoms with van der Waals surface area (Å²) in [5.41, 5.74) is 1.30. The first-order chi connectivity index (χ1) is 22.3. The molecule has 0 spiro atoms. The highest BCUT2D eigenvalue weighted by molar-refractivity contribution is 7.89. The summed E-state index contributed by atoms with van der Waals surface area (Å²) < 4.78 is 48.6. The monoisotopic (exact) mass is 670 g/mol. The van der Waals surface area contributed by atoms with Crippen molar-refractivity contribution in [2.24, 2.45) is 5.92 Å². The van der Waals surface area contributed by atoms with E-state index in [1.165, 1.54) is 23.5 Å². The number of non-ortho nitro benzene ring substituents is 1. The number of sulfonamides is 1. The molecular formula is C34H43FN4O7S. The van der Waals surface area contributed by atoms with Gasteiger partial charge in [0.25, 0.3) is 5.69 Å². The molecule has 2 N–H and O–H groups in total. The van der Waals surface area contributed by atoms with Gasteiger partial charge in [-0.25, -0.2) is 17.6 Å². The van der Waals surface area contributed by atoms with Crippen LogP contribution in [0.15, 0.2) is 89.8 Å². The molecular weight excluding hydrogens is 627 g/mol. The molecule has 13 heteroatoms. The summed E-state index contributed by atoms with van der Waals surface area (Å²) in [6.07, 6.45) is -1.67. The number of amides is 2. The number of carbonyl (C=O) groups is 2. The van der Waals surface area contributed by atoms with Crippen LogP contribution < -0.4 is 10.6 Å². The van der Waals surface area contributed by atoms with Crippen molar-refractivity contribution >= 4 is 27.7 Å². The molecule has 3 atom stereocenters. The third-order valence-corrected chi connectivity index (χ3v) is 9.89. The predicted octanol–water partition coefficient (Wildman–Crippen LogP) is 5.81. The quantitative estimate of drug-likeness (QED) is 0.136. The lowest BCUT2D eigenvalue weighted by atomic mass is 9.84. The number of benzene rings is 3. The fourth-order valence-corrected chi connectivity index (χ4v) is 6.89. The van der Waals surface area contributed by atoms with E-state index in [1.807, 2.05) is 74.5 Å². The maximum atomic E-state index is 15.3. The minimum atomic E-state index is -4.03. The van der Waals surface area contributed by atoms with E-state index in [4.69, 9.17) is 4.74 Å². The largest absolute Gasteiger partial charge is 0.453 e. The van der Waals surface area contributed by atoms with E-state index >= 15 is 4.39 Å². The third kappa shape index (κ3) is 10.6. The van der Waals surface area contributed by atoms with Gasteiger partial charge in [0.05, 0.1) is 16.9 Å². The lowest BCUT2D eigenvalue weighted by Gasteiger charge is -2.30. The van der Waals surface area contributed by atoms with Gasteiger partial charge in [0, 0.05) is 37.2 Å². The number of hydrogen-bond donors (Lipinski definition) is 2. The Morgan fingerprint density at radius 1 is 0.894 bits per heavy atom. The van der Waals surface area contributed by atoms with Crippen molar-refractivity contribution in [3.63, 3.8) is 0 Å². The van der Waals surface area contributed by atoms with Gasteiger partial charge in [-0.1, -0.05) is 74.5 Å². The summed E-state index contributed by atoms with van der Waals surface area (Å²) in [7, 11) is -2.84. The molecule has 2 amide bonds. The summed E-state index contributed by atoms with van der Waals surface area (Å²) in [5.74, 6) is -1.01. The molecule has 0 bridgehead atoms. The van der Waals surface area contributed by atoms with Gasteiger partial charge in [-0.3, -0.25) is 14.9 Å². The van der Waals surface area contributed by atoms with Crippen molar-refractivity contribution in [3.8, 4) is 0 Å². The van der Waals surface area contributed by atoms with Crippen molar-refractivity contribution in [3.05, 3.63) is 106 Å². The zero-order valence-electron chi connectivity index (χ0n) is 27.0. The Labute approximate surface area is 275 Å². The molecule has 0 saturated carbocycles. The van der Waals surface area contributed by atoms with Crippen LogP contribution in [-0.2, 0) is 19.6 Å². The average Bonchev–Trinajstić information content (AvgIpc) is 3.06. The molecule has 254 valence electrons. The first kappa shape index (κ1) is 37.1. The number of nitro benzene ring substituents is 1. The van der Waals surface area contributed by atoms with Gasteiger partial charge < -0.3 is 15.4 Å².